The SMILES string of the molecule is Cc1ccc(Br)cc1NS(=O)(=O)N1CCCC1. The van der Waals surface area contributed by atoms with E-state index in [0.717, 1.165) is 22.9 Å². The van der Waals surface area contributed by atoms with Crippen LogP contribution >= 0.6 is 15.9 Å². The molecule has 0 aromatic heterocycles. The molecule has 1 aromatic rings. The molecule has 0 saturated carbocycles. The first-order chi connectivity index (χ1) is 7.99. The molecule has 0 spiro atoms. The van der Waals surface area contributed by atoms with Gasteiger partial charge in [-0.05, 0) is 37.5 Å². The van der Waals surface area contributed by atoms with E-state index in [1.807, 2.05) is 19.1 Å². The first kappa shape index (κ1) is 12.9. The monoisotopic (exact) mass is 318 g/mol. The van der Waals surface area contributed by atoms with Gasteiger partial charge in [0.25, 0.3) is 0 Å². The van der Waals surface area contributed by atoms with E-state index in [0.29, 0.717) is 18.8 Å². The molecule has 1 fully saturated rings. The average molecular weight is 319 g/mol. The van der Waals surface area contributed by atoms with Gasteiger partial charge in [-0.15, -0.1) is 0 Å². The van der Waals surface area contributed by atoms with Crippen LogP contribution in [0.2, 0.25) is 0 Å². The highest BCUT2D eigenvalue weighted by Gasteiger charge is 2.25. The van der Waals surface area contributed by atoms with E-state index in [4.69, 9.17) is 0 Å². The van der Waals surface area contributed by atoms with Crippen molar-refractivity contribution in [1.82, 2.24) is 4.31 Å². The van der Waals surface area contributed by atoms with Crippen molar-refractivity contribution in [2.75, 3.05) is 17.8 Å². The third kappa shape index (κ3) is 3.00. The number of halogens is 1. The van der Waals surface area contributed by atoms with Gasteiger partial charge in [-0.2, -0.15) is 12.7 Å². The van der Waals surface area contributed by atoms with Gasteiger partial charge in [0.05, 0.1) is 5.69 Å². The fraction of sp³-hybridized carbons (Fsp3) is 0.455. The first-order valence-electron chi connectivity index (χ1n) is 5.53. The van der Waals surface area contributed by atoms with Gasteiger partial charge in [-0.1, -0.05) is 22.0 Å². The molecular weight excluding hydrogens is 304 g/mol. The molecule has 1 N–H and O–H groups in total. The van der Waals surface area contributed by atoms with Gasteiger partial charge in [0.1, 0.15) is 0 Å². The van der Waals surface area contributed by atoms with Crippen molar-refractivity contribution in [1.29, 1.82) is 0 Å². The summed E-state index contributed by atoms with van der Waals surface area (Å²) in [6.45, 7) is 3.11. The van der Waals surface area contributed by atoms with Crippen molar-refractivity contribution < 1.29 is 8.42 Å². The number of hydrogen-bond donors (Lipinski definition) is 1. The quantitative estimate of drug-likeness (QED) is 0.931. The lowest BCUT2D eigenvalue weighted by Crippen LogP contribution is -2.33. The fourth-order valence-corrected chi connectivity index (χ4v) is 3.56. The predicted molar refractivity (Wildman–Crippen MR) is 72.2 cm³/mol. The molecule has 1 heterocycles. The lowest BCUT2D eigenvalue weighted by atomic mass is 10.2. The fourth-order valence-electron chi connectivity index (χ4n) is 1.84. The molecule has 94 valence electrons. The molecule has 1 aromatic carbocycles. The molecule has 6 heteroatoms. The van der Waals surface area contributed by atoms with E-state index in [1.165, 1.54) is 4.31 Å². The van der Waals surface area contributed by atoms with Crippen molar-refractivity contribution in [3.63, 3.8) is 0 Å². The molecule has 4 nitrogen and oxygen atoms in total. The van der Waals surface area contributed by atoms with Crippen LogP contribution in [-0.4, -0.2) is 25.8 Å². The van der Waals surface area contributed by atoms with Gasteiger partial charge in [0.2, 0.25) is 0 Å². The van der Waals surface area contributed by atoms with Crippen molar-refractivity contribution in [3.8, 4) is 0 Å². The Bertz CT molecular complexity index is 510. The Balaban J connectivity index is 2.22. The van der Waals surface area contributed by atoms with E-state index in [-0.39, 0.29) is 0 Å². The minimum Gasteiger partial charge on any atom is -0.271 e. The highest BCUT2D eigenvalue weighted by molar-refractivity contribution is 9.10. The van der Waals surface area contributed by atoms with Crippen LogP contribution in [0.25, 0.3) is 0 Å². The summed E-state index contributed by atoms with van der Waals surface area (Å²) in [7, 11) is -3.39. The molecule has 1 saturated heterocycles. The second-order valence-corrected chi connectivity index (χ2v) is 6.76. The van der Waals surface area contributed by atoms with E-state index in [9.17, 15) is 8.42 Å². The normalized spacial score (nSPS) is 17.3. The third-order valence-corrected chi connectivity index (χ3v) is 4.86. The van der Waals surface area contributed by atoms with Crippen LogP contribution in [0.5, 0.6) is 0 Å². The maximum Gasteiger partial charge on any atom is 0.301 e. The standard InChI is InChI=1S/C11H15BrN2O2S/c1-9-4-5-10(12)8-11(9)13-17(15,16)14-6-2-3-7-14/h4-5,8,13H,2-3,6-7H2,1H3. The molecule has 0 aliphatic carbocycles. The van der Waals surface area contributed by atoms with E-state index in [2.05, 4.69) is 20.7 Å². The Morgan fingerprint density at radius 3 is 2.59 bits per heavy atom. The number of hydrogen-bond acceptors (Lipinski definition) is 2. The van der Waals surface area contributed by atoms with E-state index in [1.54, 1.807) is 6.07 Å². The summed E-state index contributed by atoms with van der Waals surface area (Å²) >= 11 is 3.34. The zero-order valence-electron chi connectivity index (χ0n) is 9.61. The number of nitrogens with zero attached hydrogens (tertiary/aromatic N) is 1. The van der Waals surface area contributed by atoms with Gasteiger partial charge >= 0.3 is 10.2 Å². The van der Waals surface area contributed by atoms with E-state index < -0.39 is 10.2 Å². The lowest BCUT2D eigenvalue weighted by molar-refractivity contribution is 0.482. The van der Waals surface area contributed by atoms with Gasteiger partial charge in [0, 0.05) is 17.6 Å². The van der Waals surface area contributed by atoms with Crippen LogP contribution < -0.4 is 4.72 Å². The summed E-state index contributed by atoms with van der Waals surface area (Å²) in [5.74, 6) is 0. The molecule has 1 aliphatic heterocycles. The largest absolute Gasteiger partial charge is 0.301 e. The summed E-state index contributed by atoms with van der Waals surface area (Å²) < 4.78 is 29.1. The zero-order valence-corrected chi connectivity index (χ0v) is 12.0. The summed E-state index contributed by atoms with van der Waals surface area (Å²) in [5.41, 5.74) is 1.54. The molecule has 2 rings (SSSR count). The van der Waals surface area contributed by atoms with Crippen LogP contribution in [0.1, 0.15) is 18.4 Å². The number of nitrogens with one attached hydrogen (secondary N) is 1. The van der Waals surface area contributed by atoms with Crippen LogP contribution in [-0.2, 0) is 10.2 Å². The topological polar surface area (TPSA) is 49.4 Å². The summed E-state index contributed by atoms with van der Waals surface area (Å²) in [4.78, 5) is 0. The van der Waals surface area contributed by atoms with Gasteiger partial charge < -0.3 is 0 Å². The predicted octanol–water partition coefficient (Wildman–Crippen LogP) is 2.51. The van der Waals surface area contributed by atoms with Crippen molar-refractivity contribution in [2.24, 2.45) is 0 Å². The Labute approximate surface area is 110 Å². The van der Waals surface area contributed by atoms with Crippen LogP contribution in [0.4, 0.5) is 5.69 Å². The molecule has 17 heavy (non-hydrogen) atoms. The highest BCUT2D eigenvalue weighted by Crippen LogP contribution is 2.23. The zero-order chi connectivity index (χ0) is 12.5. The maximum absolute atomic E-state index is 12.1. The molecule has 0 atom stereocenters. The molecule has 0 amide bonds. The minimum atomic E-state index is -3.39. The van der Waals surface area contributed by atoms with Gasteiger partial charge in [-0.3, -0.25) is 4.72 Å². The highest BCUT2D eigenvalue weighted by atomic mass is 79.9. The molecule has 0 unspecified atom stereocenters. The Hall–Kier alpha value is -0.590. The third-order valence-electron chi connectivity index (χ3n) is 2.84. The van der Waals surface area contributed by atoms with Gasteiger partial charge in [0.15, 0.2) is 0 Å². The number of rotatable bonds is 3. The van der Waals surface area contributed by atoms with Crippen LogP contribution in [0.3, 0.4) is 0 Å². The van der Waals surface area contributed by atoms with Gasteiger partial charge in [-0.25, -0.2) is 0 Å². The smallest absolute Gasteiger partial charge is 0.271 e. The Morgan fingerprint density at radius 2 is 1.94 bits per heavy atom. The molecule has 0 bridgehead atoms. The van der Waals surface area contributed by atoms with Crippen molar-refractivity contribution in [2.45, 2.75) is 19.8 Å². The average Bonchev–Trinajstić information content (AvgIpc) is 2.77. The first-order valence-corrected chi connectivity index (χ1v) is 7.76. The minimum absolute atomic E-state index is 0.613. The molecule has 0 radical (unpaired) electrons. The number of anilines is 1. The molecule has 1 aliphatic rings. The lowest BCUT2D eigenvalue weighted by Gasteiger charge is -2.18. The summed E-state index contributed by atoms with van der Waals surface area (Å²) in [6, 6.07) is 5.55. The summed E-state index contributed by atoms with van der Waals surface area (Å²) in [5, 5.41) is 0. The Morgan fingerprint density at radius 1 is 1.29 bits per heavy atom. The second kappa shape index (κ2) is 4.96. The molecular formula is C11H15BrN2O2S. The second-order valence-electron chi connectivity index (χ2n) is 4.17. The van der Waals surface area contributed by atoms with Crippen molar-refractivity contribution >= 4 is 31.8 Å². The summed E-state index contributed by atoms with van der Waals surface area (Å²) in [6.07, 6.45) is 1.89. The van der Waals surface area contributed by atoms with Crippen LogP contribution in [0.15, 0.2) is 22.7 Å². The number of benzene rings is 1. The Kier molecular flexibility index (Phi) is 3.75. The van der Waals surface area contributed by atoms with E-state index >= 15 is 0 Å². The van der Waals surface area contributed by atoms with Crippen LogP contribution in [0, 0.1) is 6.92 Å². The maximum atomic E-state index is 12.1. The van der Waals surface area contributed by atoms with Crippen molar-refractivity contribution in [3.05, 3.63) is 28.2 Å². The number of aryl methyl sites for hydroxylation is 1.